The van der Waals surface area contributed by atoms with Gasteiger partial charge in [0, 0.05) is 19.0 Å². The average Bonchev–Trinajstić information content (AvgIpc) is 3.40. The van der Waals surface area contributed by atoms with Crippen molar-refractivity contribution in [2.24, 2.45) is 11.8 Å². The molecule has 2 amide bonds. The molecule has 174 valence electrons. The molecule has 1 saturated heterocycles. The molecular formula is C26H30N2O5. The fourth-order valence-corrected chi connectivity index (χ4v) is 4.86. The summed E-state index contributed by atoms with van der Waals surface area (Å²) in [6, 6.07) is 15.5. The van der Waals surface area contributed by atoms with E-state index in [0.29, 0.717) is 19.4 Å². The second-order valence-electron chi connectivity index (χ2n) is 9.26. The number of likely N-dealkylation sites (tertiary alicyclic amines) is 1. The van der Waals surface area contributed by atoms with E-state index in [1.807, 2.05) is 38.1 Å². The van der Waals surface area contributed by atoms with Crippen LogP contribution in [0.3, 0.4) is 0 Å². The van der Waals surface area contributed by atoms with Gasteiger partial charge in [0.2, 0.25) is 5.91 Å². The molecule has 2 aliphatic rings. The third-order valence-electron chi connectivity index (χ3n) is 6.49. The topological polar surface area (TPSA) is 95.9 Å². The number of hydrogen-bond acceptors (Lipinski definition) is 4. The minimum Gasteiger partial charge on any atom is -0.481 e. The first-order valence-corrected chi connectivity index (χ1v) is 11.5. The third-order valence-corrected chi connectivity index (χ3v) is 6.49. The van der Waals surface area contributed by atoms with Crippen molar-refractivity contribution < 1.29 is 24.2 Å². The predicted octanol–water partition coefficient (Wildman–Crippen LogP) is 3.87. The Labute approximate surface area is 193 Å². The van der Waals surface area contributed by atoms with Crippen LogP contribution < -0.4 is 5.32 Å². The SMILES string of the molecule is CC(C)C[C@@H](NC(=O)OCC1c2ccccc2-c2ccccc21)C(=O)N1CCC(C(=O)O)C1. The van der Waals surface area contributed by atoms with Gasteiger partial charge in [0.05, 0.1) is 5.92 Å². The first kappa shape index (κ1) is 22.8. The van der Waals surface area contributed by atoms with Gasteiger partial charge in [0.1, 0.15) is 12.6 Å². The molecule has 0 radical (unpaired) electrons. The molecule has 0 spiro atoms. The van der Waals surface area contributed by atoms with E-state index in [0.717, 1.165) is 22.3 Å². The first-order chi connectivity index (χ1) is 15.8. The average molecular weight is 451 g/mol. The number of carboxylic acids is 1. The molecule has 0 saturated carbocycles. The zero-order valence-corrected chi connectivity index (χ0v) is 19.0. The van der Waals surface area contributed by atoms with Gasteiger partial charge in [-0.05, 0) is 41.0 Å². The Morgan fingerprint density at radius 1 is 1.06 bits per heavy atom. The minimum absolute atomic E-state index is 0.0580. The molecule has 4 rings (SSSR count). The zero-order chi connectivity index (χ0) is 23.5. The highest BCUT2D eigenvalue weighted by molar-refractivity contribution is 5.87. The van der Waals surface area contributed by atoms with Crippen molar-refractivity contribution in [1.82, 2.24) is 10.2 Å². The van der Waals surface area contributed by atoms with E-state index < -0.39 is 24.0 Å². The summed E-state index contributed by atoms with van der Waals surface area (Å²) in [7, 11) is 0. The smallest absolute Gasteiger partial charge is 0.407 e. The van der Waals surface area contributed by atoms with E-state index in [4.69, 9.17) is 4.74 Å². The summed E-state index contributed by atoms with van der Waals surface area (Å²) in [5, 5.41) is 12.0. The largest absolute Gasteiger partial charge is 0.481 e. The molecule has 2 N–H and O–H groups in total. The highest BCUT2D eigenvalue weighted by atomic mass is 16.5. The third kappa shape index (κ3) is 4.87. The van der Waals surface area contributed by atoms with Gasteiger partial charge in [-0.15, -0.1) is 0 Å². The Bertz CT molecular complexity index is 1000. The van der Waals surface area contributed by atoms with Crippen LogP contribution in [0.4, 0.5) is 4.79 Å². The van der Waals surface area contributed by atoms with Gasteiger partial charge < -0.3 is 20.1 Å². The van der Waals surface area contributed by atoms with E-state index in [1.54, 1.807) is 0 Å². The van der Waals surface area contributed by atoms with Gasteiger partial charge >= 0.3 is 12.1 Å². The number of rotatable bonds is 7. The maximum atomic E-state index is 13.0. The normalized spacial score (nSPS) is 18.0. The summed E-state index contributed by atoms with van der Waals surface area (Å²) < 4.78 is 5.61. The Kier molecular flexibility index (Phi) is 6.67. The molecule has 2 atom stereocenters. The van der Waals surface area contributed by atoms with Crippen molar-refractivity contribution in [3.8, 4) is 11.1 Å². The van der Waals surface area contributed by atoms with Crippen LogP contribution in [-0.4, -0.2) is 53.7 Å². The van der Waals surface area contributed by atoms with E-state index in [1.165, 1.54) is 4.90 Å². The highest BCUT2D eigenvalue weighted by Crippen LogP contribution is 2.44. The minimum atomic E-state index is -0.893. The van der Waals surface area contributed by atoms with Crippen LogP contribution >= 0.6 is 0 Å². The van der Waals surface area contributed by atoms with Gasteiger partial charge in [0.25, 0.3) is 0 Å². The lowest BCUT2D eigenvalue weighted by Crippen LogP contribution is -2.49. The number of carboxylic acid groups (broad SMARTS) is 1. The number of hydrogen-bond donors (Lipinski definition) is 2. The molecule has 2 aromatic carbocycles. The maximum absolute atomic E-state index is 13.0. The van der Waals surface area contributed by atoms with Crippen LogP contribution in [0.5, 0.6) is 0 Å². The van der Waals surface area contributed by atoms with Crippen molar-refractivity contribution in [1.29, 1.82) is 0 Å². The number of carbonyl (C=O) groups excluding carboxylic acids is 2. The Balaban J connectivity index is 1.41. The van der Waals surface area contributed by atoms with Crippen LogP contribution in [-0.2, 0) is 14.3 Å². The fraction of sp³-hybridized carbons (Fsp3) is 0.423. The monoisotopic (exact) mass is 450 g/mol. The van der Waals surface area contributed by atoms with Crippen LogP contribution in [0.2, 0.25) is 0 Å². The molecule has 1 unspecified atom stereocenters. The first-order valence-electron chi connectivity index (χ1n) is 11.5. The van der Waals surface area contributed by atoms with Crippen LogP contribution in [0, 0.1) is 11.8 Å². The zero-order valence-electron chi connectivity index (χ0n) is 19.0. The quantitative estimate of drug-likeness (QED) is 0.668. The van der Waals surface area contributed by atoms with E-state index >= 15 is 0 Å². The Hall–Kier alpha value is -3.35. The summed E-state index contributed by atoms with van der Waals surface area (Å²) >= 11 is 0. The lowest BCUT2D eigenvalue weighted by molar-refractivity contribution is -0.141. The maximum Gasteiger partial charge on any atom is 0.407 e. The molecule has 1 heterocycles. The second-order valence-corrected chi connectivity index (χ2v) is 9.26. The predicted molar refractivity (Wildman–Crippen MR) is 124 cm³/mol. The van der Waals surface area contributed by atoms with Gasteiger partial charge in [-0.3, -0.25) is 9.59 Å². The lowest BCUT2D eigenvalue weighted by atomic mass is 9.98. The van der Waals surface area contributed by atoms with Crippen molar-refractivity contribution in [3.05, 3.63) is 59.7 Å². The Morgan fingerprint density at radius 2 is 1.67 bits per heavy atom. The molecule has 0 aromatic heterocycles. The fourth-order valence-electron chi connectivity index (χ4n) is 4.86. The van der Waals surface area contributed by atoms with Crippen molar-refractivity contribution >= 4 is 18.0 Å². The molecule has 7 heteroatoms. The lowest BCUT2D eigenvalue weighted by Gasteiger charge is -2.25. The molecule has 0 bridgehead atoms. The molecule has 33 heavy (non-hydrogen) atoms. The summed E-state index contributed by atoms with van der Waals surface area (Å²) in [6.07, 6.45) is 0.252. The molecule has 1 aliphatic carbocycles. The number of alkyl carbamates (subject to hydrolysis) is 1. The van der Waals surface area contributed by atoms with Gasteiger partial charge in [-0.2, -0.15) is 0 Å². The molecular weight excluding hydrogens is 420 g/mol. The van der Waals surface area contributed by atoms with Gasteiger partial charge in [-0.1, -0.05) is 62.4 Å². The summed E-state index contributed by atoms with van der Waals surface area (Å²) in [5.74, 6) is -1.58. The summed E-state index contributed by atoms with van der Waals surface area (Å²) in [6.45, 7) is 4.69. The number of aliphatic carboxylic acids is 1. The van der Waals surface area contributed by atoms with Crippen molar-refractivity contribution in [3.63, 3.8) is 0 Å². The number of amides is 2. The standard InChI is InChI=1S/C26H30N2O5/c1-16(2)13-23(24(29)28-12-11-17(14-28)25(30)31)27-26(32)33-15-22-20-9-5-3-7-18(20)19-8-4-6-10-21(19)22/h3-10,16-17,22-23H,11-15H2,1-2H3,(H,27,32)(H,30,31)/t17?,23-/m1/s1. The number of fused-ring (bicyclic) bond motifs is 3. The van der Waals surface area contributed by atoms with Crippen molar-refractivity contribution in [2.75, 3.05) is 19.7 Å². The molecule has 1 aliphatic heterocycles. The number of nitrogens with zero attached hydrogens (tertiary/aromatic N) is 1. The molecule has 2 aromatic rings. The summed E-state index contributed by atoms with van der Waals surface area (Å²) in [4.78, 5) is 38.5. The van der Waals surface area contributed by atoms with E-state index in [9.17, 15) is 19.5 Å². The molecule has 1 fully saturated rings. The van der Waals surface area contributed by atoms with Crippen molar-refractivity contribution in [2.45, 2.75) is 38.6 Å². The van der Waals surface area contributed by atoms with Gasteiger partial charge in [0.15, 0.2) is 0 Å². The number of nitrogens with one attached hydrogen (secondary N) is 1. The van der Waals surface area contributed by atoms with Crippen LogP contribution in [0.25, 0.3) is 11.1 Å². The number of ether oxygens (including phenoxy) is 1. The van der Waals surface area contributed by atoms with Gasteiger partial charge in [-0.25, -0.2) is 4.79 Å². The highest BCUT2D eigenvalue weighted by Gasteiger charge is 2.35. The number of carbonyl (C=O) groups is 3. The van der Waals surface area contributed by atoms with E-state index in [2.05, 4.69) is 29.6 Å². The number of benzene rings is 2. The van der Waals surface area contributed by atoms with Crippen LogP contribution in [0.15, 0.2) is 48.5 Å². The molecule has 7 nitrogen and oxygen atoms in total. The second kappa shape index (κ2) is 9.65. The Morgan fingerprint density at radius 3 is 2.21 bits per heavy atom. The van der Waals surface area contributed by atoms with Crippen LogP contribution in [0.1, 0.15) is 43.7 Å². The van der Waals surface area contributed by atoms with E-state index in [-0.39, 0.29) is 30.9 Å². The summed E-state index contributed by atoms with van der Waals surface area (Å²) in [5.41, 5.74) is 4.55.